The number of carboxylic acids is 1. The van der Waals surface area contributed by atoms with Crippen LogP contribution in [0.5, 0.6) is 0 Å². The average molecular weight is 346 g/mol. The number of hydrogen-bond acceptors (Lipinski definition) is 4. The first kappa shape index (κ1) is 20.4. The lowest BCUT2D eigenvalue weighted by Crippen LogP contribution is -2.43. The van der Waals surface area contributed by atoms with Crippen LogP contribution in [0.1, 0.15) is 25.3 Å². The molecule has 136 valence electrons. The molecule has 25 heavy (non-hydrogen) atoms. The van der Waals surface area contributed by atoms with Gasteiger partial charge in [0, 0.05) is 29.9 Å². The molecule has 0 aliphatic carbocycles. The number of carboxylic acid groups (broad SMARTS) is 1. The number of para-hydroxylation sites is 1. The predicted molar refractivity (Wildman–Crippen MR) is 95.9 cm³/mol. The summed E-state index contributed by atoms with van der Waals surface area (Å²) < 4.78 is 0. The molecule has 0 saturated heterocycles. The SMILES string of the molecule is CC(=O)[C@H](N)CCC(=O)N[C@H](Cc1c[nH]c2ccccc12)C(=O)O.[CH3-]. The Morgan fingerprint density at radius 3 is 2.60 bits per heavy atom. The number of aromatic amines is 1. The van der Waals surface area contributed by atoms with E-state index in [9.17, 15) is 19.5 Å². The van der Waals surface area contributed by atoms with Crippen molar-refractivity contribution in [1.82, 2.24) is 10.3 Å². The first-order valence-electron chi connectivity index (χ1n) is 7.71. The monoisotopic (exact) mass is 346 g/mol. The number of rotatable bonds is 8. The zero-order valence-electron chi connectivity index (χ0n) is 14.4. The smallest absolute Gasteiger partial charge is 0.326 e. The molecule has 2 aromatic rings. The van der Waals surface area contributed by atoms with Gasteiger partial charge in [-0.05, 0) is 25.0 Å². The van der Waals surface area contributed by atoms with Crippen molar-refractivity contribution in [3.8, 4) is 0 Å². The fraction of sp³-hybridized carbons (Fsp3) is 0.333. The number of nitrogens with two attached hydrogens (primary N) is 1. The molecule has 1 aromatic carbocycles. The number of amides is 1. The van der Waals surface area contributed by atoms with Crippen molar-refractivity contribution in [2.45, 2.75) is 38.3 Å². The molecule has 1 amide bonds. The maximum Gasteiger partial charge on any atom is 0.326 e. The Labute approximate surface area is 146 Å². The predicted octanol–water partition coefficient (Wildman–Crippen LogP) is 1.43. The van der Waals surface area contributed by atoms with Crippen LogP contribution in [-0.2, 0) is 20.8 Å². The lowest BCUT2D eigenvalue weighted by atomic mass is 10.0. The number of H-pyrrole nitrogens is 1. The van der Waals surface area contributed by atoms with Crippen LogP contribution in [-0.4, -0.2) is 39.8 Å². The molecule has 1 aromatic heterocycles. The van der Waals surface area contributed by atoms with E-state index in [1.165, 1.54) is 6.92 Å². The topological polar surface area (TPSA) is 125 Å². The van der Waals surface area contributed by atoms with Crippen molar-refractivity contribution in [3.63, 3.8) is 0 Å². The third kappa shape index (κ3) is 5.42. The van der Waals surface area contributed by atoms with Gasteiger partial charge in [0.1, 0.15) is 11.8 Å². The lowest BCUT2D eigenvalue weighted by molar-refractivity contribution is -0.141. The molecule has 0 aliphatic heterocycles. The highest BCUT2D eigenvalue weighted by molar-refractivity contribution is 5.87. The summed E-state index contributed by atoms with van der Waals surface area (Å²) in [6.07, 6.45) is 2.13. The third-order valence-corrected chi connectivity index (χ3v) is 3.94. The van der Waals surface area contributed by atoms with Crippen molar-refractivity contribution >= 4 is 28.6 Å². The Balaban J connectivity index is 0.00000312. The Hall–Kier alpha value is -2.67. The number of benzene rings is 1. The molecule has 0 aliphatic rings. The molecule has 0 radical (unpaired) electrons. The molecule has 0 bridgehead atoms. The van der Waals surface area contributed by atoms with Crippen LogP contribution in [0.3, 0.4) is 0 Å². The molecule has 5 N–H and O–H groups in total. The van der Waals surface area contributed by atoms with E-state index in [1.807, 2.05) is 24.3 Å². The first-order valence-corrected chi connectivity index (χ1v) is 7.71. The molecule has 7 nitrogen and oxygen atoms in total. The van der Waals surface area contributed by atoms with Gasteiger partial charge in [-0.25, -0.2) is 4.79 Å². The Morgan fingerprint density at radius 1 is 1.28 bits per heavy atom. The zero-order chi connectivity index (χ0) is 17.7. The van der Waals surface area contributed by atoms with Gasteiger partial charge >= 0.3 is 5.97 Å². The van der Waals surface area contributed by atoms with Crippen molar-refractivity contribution in [3.05, 3.63) is 43.5 Å². The van der Waals surface area contributed by atoms with Gasteiger partial charge < -0.3 is 28.6 Å². The number of carbonyl (C=O) groups is 3. The van der Waals surface area contributed by atoms with E-state index in [4.69, 9.17) is 5.73 Å². The summed E-state index contributed by atoms with van der Waals surface area (Å²) in [7, 11) is 0. The summed E-state index contributed by atoms with van der Waals surface area (Å²) in [5.41, 5.74) is 7.31. The van der Waals surface area contributed by atoms with Crippen molar-refractivity contribution in [2.24, 2.45) is 5.73 Å². The average Bonchev–Trinajstić information content (AvgIpc) is 2.95. The quantitative estimate of drug-likeness (QED) is 0.538. The number of carbonyl (C=O) groups excluding carboxylic acids is 2. The van der Waals surface area contributed by atoms with Crippen LogP contribution in [0, 0.1) is 7.43 Å². The van der Waals surface area contributed by atoms with E-state index in [2.05, 4.69) is 10.3 Å². The number of ketones is 1. The second kappa shape index (κ2) is 8.98. The van der Waals surface area contributed by atoms with Crippen molar-refractivity contribution in [2.75, 3.05) is 0 Å². The molecule has 0 fully saturated rings. The first-order chi connectivity index (χ1) is 11.4. The van der Waals surface area contributed by atoms with E-state index in [0.29, 0.717) is 0 Å². The van der Waals surface area contributed by atoms with Crippen LogP contribution in [0.25, 0.3) is 10.9 Å². The maximum atomic E-state index is 11.9. The lowest BCUT2D eigenvalue weighted by Gasteiger charge is -2.15. The molecule has 0 unspecified atom stereocenters. The minimum absolute atomic E-state index is 0. The number of aromatic nitrogens is 1. The molecule has 7 heteroatoms. The van der Waals surface area contributed by atoms with Crippen LogP contribution in [0.2, 0.25) is 0 Å². The highest BCUT2D eigenvalue weighted by atomic mass is 16.4. The number of Topliss-reactive ketones (excluding diaryl/α,β-unsaturated/α-hetero) is 1. The highest BCUT2D eigenvalue weighted by Crippen LogP contribution is 2.19. The number of hydrogen-bond donors (Lipinski definition) is 4. The molecule has 0 saturated carbocycles. The summed E-state index contributed by atoms with van der Waals surface area (Å²) in [5.74, 6) is -1.74. The number of nitrogens with one attached hydrogen (secondary N) is 2. The Bertz CT molecular complexity index is 754. The van der Waals surface area contributed by atoms with Gasteiger partial charge in [-0.2, -0.15) is 0 Å². The standard InChI is InChI=1S/C17H21N3O4.CH3/c1-10(21)13(18)6-7-16(22)20-15(17(23)24)8-11-9-19-14-5-3-2-4-12(11)14;/h2-5,9,13,15,19H,6-8,18H2,1H3,(H,20,22)(H,23,24);1H3/q;-1/t13-,15-;/m1./s1. The van der Waals surface area contributed by atoms with Gasteiger partial charge in [-0.1, -0.05) is 18.2 Å². The van der Waals surface area contributed by atoms with Gasteiger partial charge in [-0.3, -0.25) is 9.59 Å². The van der Waals surface area contributed by atoms with Crippen molar-refractivity contribution < 1.29 is 19.5 Å². The summed E-state index contributed by atoms with van der Waals surface area (Å²) in [6.45, 7) is 1.36. The van der Waals surface area contributed by atoms with E-state index in [0.717, 1.165) is 16.5 Å². The summed E-state index contributed by atoms with van der Waals surface area (Å²) >= 11 is 0. The minimum atomic E-state index is -1.11. The van der Waals surface area contributed by atoms with E-state index in [1.54, 1.807) is 6.20 Å². The molecule has 2 atom stereocenters. The third-order valence-electron chi connectivity index (χ3n) is 3.94. The van der Waals surface area contributed by atoms with E-state index >= 15 is 0 Å². The van der Waals surface area contributed by atoms with Crippen LogP contribution >= 0.6 is 0 Å². The van der Waals surface area contributed by atoms with E-state index < -0.39 is 24.0 Å². The summed E-state index contributed by atoms with van der Waals surface area (Å²) in [6, 6.07) is 5.82. The second-order valence-electron chi connectivity index (χ2n) is 5.78. The second-order valence-corrected chi connectivity index (χ2v) is 5.78. The minimum Gasteiger partial charge on any atom is -0.480 e. The van der Waals surface area contributed by atoms with Crippen LogP contribution < -0.4 is 11.1 Å². The molecule has 0 spiro atoms. The van der Waals surface area contributed by atoms with E-state index in [-0.39, 0.29) is 32.5 Å². The highest BCUT2D eigenvalue weighted by Gasteiger charge is 2.22. The van der Waals surface area contributed by atoms with Gasteiger partial charge in [0.05, 0.1) is 6.04 Å². The maximum absolute atomic E-state index is 11.9. The number of fused-ring (bicyclic) bond motifs is 1. The number of aliphatic carboxylic acids is 1. The van der Waals surface area contributed by atoms with Crippen LogP contribution in [0.4, 0.5) is 0 Å². The van der Waals surface area contributed by atoms with Gasteiger partial charge in [0.2, 0.25) is 5.91 Å². The van der Waals surface area contributed by atoms with Gasteiger partial charge in [0.25, 0.3) is 0 Å². The van der Waals surface area contributed by atoms with Crippen LogP contribution in [0.15, 0.2) is 30.5 Å². The molecular weight excluding hydrogens is 322 g/mol. The largest absolute Gasteiger partial charge is 0.480 e. The molecule has 1 heterocycles. The molecule has 2 rings (SSSR count). The zero-order valence-corrected chi connectivity index (χ0v) is 14.4. The normalized spacial score (nSPS) is 12.9. The fourth-order valence-electron chi connectivity index (χ4n) is 2.48. The van der Waals surface area contributed by atoms with Crippen molar-refractivity contribution in [1.29, 1.82) is 0 Å². The fourth-order valence-corrected chi connectivity index (χ4v) is 2.48. The summed E-state index contributed by atoms with van der Waals surface area (Å²) in [4.78, 5) is 37.5. The Morgan fingerprint density at radius 2 is 1.96 bits per heavy atom. The summed E-state index contributed by atoms with van der Waals surface area (Å²) in [5, 5.41) is 12.8. The Kier molecular flexibility index (Phi) is 7.32. The van der Waals surface area contributed by atoms with Gasteiger partial charge in [0.15, 0.2) is 0 Å². The molecular formula is C18H24N3O4-. The van der Waals surface area contributed by atoms with Gasteiger partial charge in [-0.15, -0.1) is 0 Å².